The minimum absolute atomic E-state index is 0.0654. The van der Waals surface area contributed by atoms with E-state index in [9.17, 15) is 8.60 Å². The highest BCUT2D eigenvalue weighted by Crippen LogP contribution is 2.30. The summed E-state index contributed by atoms with van der Waals surface area (Å²) in [6.45, 7) is 10.5. The minimum Gasteiger partial charge on any atom is -0.283 e. The Morgan fingerprint density at radius 2 is 1.59 bits per heavy atom. The Morgan fingerprint density at radius 1 is 1.09 bits per heavy atom. The molecule has 0 N–H and O–H groups in total. The van der Waals surface area contributed by atoms with Crippen molar-refractivity contribution in [1.29, 1.82) is 0 Å². The standard InChI is InChI=1S/C18H27FO2S/c1-12-10-14(18(3,4)5)11-13(2)17(12)22(20)21-16-8-6-15(19)7-9-16/h10-11,15-16H,6-9H2,1-5H3. The first-order chi connectivity index (χ1) is 10.2. The van der Waals surface area contributed by atoms with Crippen molar-refractivity contribution in [2.75, 3.05) is 0 Å². The van der Waals surface area contributed by atoms with Gasteiger partial charge in [-0.2, -0.15) is 0 Å². The van der Waals surface area contributed by atoms with E-state index in [0.29, 0.717) is 25.7 Å². The van der Waals surface area contributed by atoms with E-state index in [1.54, 1.807) is 0 Å². The highest BCUT2D eigenvalue weighted by atomic mass is 32.2. The van der Waals surface area contributed by atoms with E-state index in [1.165, 1.54) is 5.56 Å². The maximum Gasteiger partial charge on any atom is 0.189 e. The van der Waals surface area contributed by atoms with Crippen LogP contribution < -0.4 is 0 Å². The van der Waals surface area contributed by atoms with Gasteiger partial charge in [0.2, 0.25) is 0 Å². The molecule has 1 aromatic carbocycles. The van der Waals surface area contributed by atoms with Crippen molar-refractivity contribution in [3.63, 3.8) is 0 Å². The van der Waals surface area contributed by atoms with Gasteiger partial charge in [-0.05, 0) is 61.6 Å². The third kappa shape index (κ3) is 4.17. The molecule has 0 aliphatic heterocycles. The zero-order valence-corrected chi connectivity index (χ0v) is 15.1. The van der Waals surface area contributed by atoms with E-state index >= 15 is 0 Å². The van der Waals surface area contributed by atoms with E-state index in [1.807, 2.05) is 13.8 Å². The molecule has 1 aliphatic rings. The first kappa shape index (κ1) is 17.6. The molecule has 2 rings (SSSR count). The van der Waals surface area contributed by atoms with Gasteiger partial charge in [0.15, 0.2) is 11.1 Å². The summed E-state index contributed by atoms with van der Waals surface area (Å²) in [5.41, 5.74) is 3.31. The molecule has 0 radical (unpaired) electrons. The Balaban J connectivity index is 2.16. The molecule has 0 amide bonds. The second kappa shape index (κ2) is 6.79. The molecule has 2 nitrogen and oxygen atoms in total. The maximum atomic E-state index is 13.2. The smallest absolute Gasteiger partial charge is 0.189 e. The van der Waals surface area contributed by atoms with Crippen LogP contribution in [0, 0.1) is 13.8 Å². The SMILES string of the molecule is Cc1cc(C(C)(C)C)cc(C)c1S(=O)OC1CCC(F)CC1. The highest BCUT2D eigenvalue weighted by molar-refractivity contribution is 7.80. The summed E-state index contributed by atoms with van der Waals surface area (Å²) in [6.07, 6.45) is 1.54. The first-order valence-electron chi connectivity index (χ1n) is 8.03. The Morgan fingerprint density at radius 3 is 2.05 bits per heavy atom. The Hall–Kier alpha value is -0.740. The summed E-state index contributed by atoms with van der Waals surface area (Å²) in [6, 6.07) is 4.20. The number of hydrogen-bond donors (Lipinski definition) is 0. The summed E-state index contributed by atoms with van der Waals surface area (Å²) in [7, 11) is 0. The van der Waals surface area contributed by atoms with E-state index in [0.717, 1.165) is 16.0 Å². The van der Waals surface area contributed by atoms with Gasteiger partial charge in [0.1, 0.15) is 6.17 Å². The number of benzene rings is 1. The topological polar surface area (TPSA) is 26.3 Å². The lowest BCUT2D eigenvalue weighted by molar-refractivity contribution is 0.126. The zero-order valence-electron chi connectivity index (χ0n) is 14.2. The Kier molecular flexibility index (Phi) is 5.44. The second-order valence-corrected chi connectivity index (χ2v) is 8.46. The quantitative estimate of drug-likeness (QED) is 0.788. The molecule has 1 atom stereocenters. The molecule has 0 saturated heterocycles. The number of halogens is 1. The van der Waals surface area contributed by atoms with Crippen LogP contribution in [0.15, 0.2) is 17.0 Å². The molecule has 0 aromatic heterocycles. The molecular formula is C18H27FO2S. The van der Waals surface area contributed by atoms with E-state index < -0.39 is 17.3 Å². The molecule has 1 saturated carbocycles. The van der Waals surface area contributed by atoms with Gasteiger partial charge in [-0.25, -0.2) is 8.60 Å². The van der Waals surface area contributed by atoms with E-state index in [-0.39, 0.29) is 11.5 Å². The van der Waals surface area contributed by atoms with Gasteiger partial charge in [-0.1, -0.05) is 32.9 Å². The molecule has 0 bridgehead atoms. The first-order valence-corrected chi connectivity index (χ1v) is 9.10. The lowest BCUT2D eigenvalue weighted by Gasteiger charge is -2.25. The number of alkyl halides is 1. The molecule has 4 heteroatoms. The largest absolute Gasteiger partial charge is 0.283 e. The van der Waals surface area contributed by atoms with Gasteiger partial charge in [0.25, 0.3) is 0 Å². The maximum absolute atomic E-state index is 13.2. The number of aryl methyl sites for hydroxylation is 2. The number of rotatable bonds is 3. The summed E-state index contributed by atoms with van der Waals surface area (Å²) in [4.78, 5) is 0.773. The van der Waals surface area contributed by atoms with Crippen molar-refractivity contribution >= 4 is 11.1 Å². The molecule has 0 heterocycles. The van der Waals surface area contributed by atoms with Crippen LogP contribution in [0.2, 0.25) is 0 Å². The van der Waals surface area contributed by atoms with E-state index in [4.69, 9.17) is 4.18 Å². The normalized spacial score (nSPS) is 24.3. The van der Waals surface area contributed by atoms with Gasteiger partial charge in [-0.3, -0.25) is 4.18 Å². The Bertz CT molecular complexity index is 532. The molecule has 1 aromatic rings. The molecule has 1 aliphatic carbocycles. The van der Waals surface area contributed by atoms with E-state index in [2.05, 4.69) is 32.9 Å². The van der Waals surface area contributed by atoms with Crippen LogP contribution in [-0.4, -0.2) is 16.5 Å². The fourth-order valence-electron chi connectivity index (χ4n) is 2.94. The molecular weight excluding hydrogens is 299 g/mol. The predicted molar refractivity (Wildman–Crippen MR) is 89.3 cm³/mol. The van der Waals surface area contributed by atoms with Crippen LogP contribution in [0.25, 0.3) is 0 Å². The lowest BCUT2D eigenvalue weighted by atomic mass is 9.85. The van der Waals surface area contributed by atoms with Crippen LogP contribution in [0.1, 0.15) is 63.1 Å². The van der Waals surface area contributed by atoms with Gasteiger partial charge >= 0.3 is 0 Å². The molecule has 1 unspecified atom stereocenters. The van der Waals surface area contributed by atoms with Crippen LogP contribution in [-0.2, 0) is 20.7 Å². The van der Waals surface area contributed by atoms with Gasteiger partial charge in [0, 0.05) is 0 Å². The Labute approximate surface area is 136 Å². The van der Waals surface area contributed by atoms with Crippen molar-refractivity contribution < 1.29 is 12.8 Å². The number of hydrogen-bond acceptors (Lipinski definition) is 2. The fourth-order valence-corrected chi connectivity index (χ4v) is 4.12. The predicted octanol–water partition coefficient (Wildman–Crippen LogP) is 4.92. The molecule has 1 fully saturated rings. The van der Waals surface area contributed by atoms with Crippen LogP contribution in [0.3, 0.4) is 0 Å². The van der Waals surface area contributed by atoms with Gasteiger partial charge in [0.05, 0.1) is 11.0 Å². The van der Waals surface area contributed by atoms with Crippen LogP contribution in [0.5, 0.6) is 0 Å². The van der Waals surface area contributed by atoms with Crippen molar-refractivity contribution in [3.05, 3.63) is 28.8 Å². The second-order valence-electron chi connectivity index (χ2n) is 7.39. The zero-order chi connectivity index (χ0) is 16.5. The van der Waals surface area contributed by atoms with Crippen molar-refractivity contribution in [2.24, 2.45) is 0 Å². The highest BCUT2D eigenvalue weighted by Gasteiger charge is 2.25. The monoisotopic (exact) mass is 326 g/mol. The third-order valence-electron chi connectivity index (χ3n) is 4.32. The third-order valence-corrected chi connectivity index (χ3v) is 5.74. The molecule has 22 heavy (non-hydrogen) atoms. The van der Waals surface area contributed by atoms with Crippen molar-refractivity contribution in [2.45, 2.75) is 82.9 Å². The van der Waals surface area contributed by atoms with Gasteiger partial charge in [-0.15, -0.1) is 0 Å². The minimum atomic E-state index is -1.47. The molecule has 0 spiro atoms. The fraction of sp³-hybridized carbons (Fsp3) is 0.667. The molecule has 124 valence electrons. The summed E-state index contributed by atoms with van der Waals surface area (Å²) >= 11 is -1.47. The summed E-state index contributed by atoms with van der Waals surface area (Å²) < 4.78 is 31.5. The average molecular weight is 326 g/mol. The van der Waals surface area contributed by atoms with Crippen molar-refractivity contribution in [1.82, 2.24) is 0 Å². The summed E-state index contributed by atoms with van der Waals surface area (Å²) in [5.74, 6) is 0. The summed E-state index contributed by atoms with van der Waals surface area (Å²) in [5, 5.41) is 0. The van der Waals surface area contributed by atoms with Gasteiger partial charge < -0.3 is 0 Å². The van der Waals surface area contributed by atoms with Crippen LogP contribution >= 0.6 is 0 Å². The van der Waals surface area contributed by atoms with Crippen LogP contribution in [0.4, 0.5) is 4.39 Å². The lowest BCUT2D eigenvalue weighted by Crippen LogP contribution is -2.23. The van der Waals surface area contributed by atoms with Crippen molar-refractivity contribution in [3.8, 4) is 0 Å². The average Bonchev–Trinajstić information content (AvgIpc) is 2.39.